The number of carbonyl (C=O) groups is 1. The van der Waals surface area contributed by atoms with Crippen molar-refractivity contribution in [2.75, 3.05) is 26.8 Å². The maximum Gasteiger partial charge on any atom is 0.253 e. The number of rotatable bonds is 3. The van der Waals surface area contributed by atoms with Gasteiger partial charge in [-0.1, -0.05) is 6.07 Å². The number of aromatic hydroxyl groups is 1. The van der Waals surface area contributed by atoms with Crippen molar-refractivity contribution in [3.63, 3.8) is 0 Å². The van der Waals surface area contributed by atoms with Crippen LogP contribution in [0.4, 0.5) is 0 Å². The molecule has 1 unspecified atom stereocenters. The Labute approximate surface area is 114 Å². The highest BCUT2D eigenvalue weighted by Gasteiger charge is 2.24. The molecule has 1 amide bonds. The predicted octanol–water partition coefficient (Wildman–Crippen LogP) is 2.20. The van der Waals surface area contributed by atoms with Gasteiger partial charge in [-0.05, 0) is 43.4 Å². The third-order valence-electron chi connectivity index (χ3n) is 3.66. The molecule has 4 nitrogen and oxygen atoms in total. The monoisotopic (exact) mass is 263 g/mol. The van der Waals surface area contributed by atoms with Crippen LogP contribution in [0.3, 0.4) is 0 Å². The van der Waals surface area contributed by atoms with E-state index in [2.05, 4.69) is 0 Å². The lowest BCUT2D eigenvalue weighted by Gasteiger charge is -2.32. The van der Waals surface area contributed by atoms with E-state index in [9.17, 15) is 9.90 Å². The van der Waals surface area contributed by atoms with Crippen molar-refractivity contribution in [2.45, 2.75) is 19.8 Å². The van der Waals surface area contributed by atoms with E-state index in [0.29, 0.717) is 18.1 Å². The van der Waals surface area contributed by atoms with Crippen LogP contribution in [0.1, 0.15) is 28.8 Å². The quantitative estimate of drug-likeness (QED) is 0.909. The zero-order valence-corrected chi connectivity index (χ0v) is 11.6. The van der Waals surface area contributed by atoms with Crippen LogP contribution in [-0.4, -0.2) is 42.7 Å². The number of phenolic OH excluding ortho intramolecular Hbond substituents is 1. The van der Waals surface area contributed by atoms with Gasteiger partial charge in [-0.3, -0.25) is 4.79 Å². The summed E-state index contributed by atoms with van der Waals surface area (Å²) in [5, 5.41) is 9.69. The fourth-order valence-electron chi connectivity index (χ4n) is 2.55. The Morgan fingerprint density at radius 1 is 1.53 bits per heavy atom. The molecular formula is C15H21NO3. The lowest BCUT2D eigenvalue weighted by molar-refractivity contribution is 0.0570. The smallest absolute Gasteiger partial charge is 0.253 e. The van der Waals surface area contributed by atoms with E-state index >= 15 is 0 Å². The maximum atomic E-state index is 12.4. The summed E-state index contributed by atoms with van der Waals surface area (Å²) in [7, 11) is 1.69. The lowest BCUT2D eigenvalue weighted by Crippen LogP contribution is -2.41. The van der Waals surface area contributed by atoms with E-state index in [0.717, 1.165) is 31.5 Å². The summed E-state index contributed by atoms with van der Waals surface area (Å²) in [5.74, 6) is 0.592. The summed E-state index contributed by atoms with van der Waals surface area (Å²) in [5.41, 5.74) is 1.34. The average Bonchev–Trinajstić information content (AvgIpc) is 2.42. The van der Waals surface area contributed by atoms with Gasteiger partial charge in [0.2, 0.25) is 0 Å². The first-order valence-electron chi connectivity index (χ1n) is 6.69. The first-order valence-corrected chi connectivity index (χ1v) is 6.69. The van der Waals surface area contributed by atoms with Crippen LogP contribution in [-0.2, 0) is 4.74 Å². The van der Waals surface area contributed by atoms with E-state index in [1.807, 2.05) is 11.8 Å². The number of hydrogen-bond acceptors (Lipinski definition) is 3. The molecule has 1 saturated heterocycles. The van der Waals surface area contributed by atoms with Gasteiger partial charge < -0.3 is 14.7 Å². The Balaban J connectivity index is 2.08. The van der Waals surface area contributed by atoms with Gasteiger partial charge in [-0.2, -0.15) is 0 Å². The van der Waals surface area contributed by atoms with Crippen molar-refractivity contribution in [1.82, 2.24) is 4.90 Å². The molecule has 1 aliphatic rings. The molecule has 19 heavy (non-hydrogen) atoms. The third kappa shape index (κ3) is 3.26. The Hall–Kier alpha value is -1.55. The molecule has 2 rings (SSSR count). The number of amides is 1. The second kappa shape index (κ2) is 6.06. The summed E-state index contributed by atoms with van der Waals surface area (Å²) >= 11 is 0. The molecule has 1 fully saturated rings. The summed E-state index contributed by atoms with van der Waals surface area (Å²) in [6.07, 6.45) is 2.12. The molecule has 1 aromatic carbocycles. The number of ether oxygens (including phenoxy) is 1. The summed E-state index contributed by atoms with van der Waals surface area (Å²) < 4.78 is 5.17. The van der Waals surface area contributed by atoms with Crippen molar-refractivity contribution < 1.29 is 14.6 Å². The number of nitrogens with zero attached hydrogens (tertiary/aromatic N) is 1. The number of likely N-dealkylation sites (tertiary alicyclic amines) is 1. The number of aryl methyl sites for hydroxylation is 1. The lowest BCUT2D eigenvalue weighted by atomic mass is 9.98. The molecule has 104 valence electrons. The van der Waals surface area contributed by atoms with E-state index in [1.54, 1.807) is 25.3 Å². The minimum atomic E-state index is -0.00361. The molecule has 1 N–H and O–H groups in total. The molecular weight excluding hydrogens is 242 g/mol. The Kier molecular flexibility index (Phi) is 4.43. The van der Waals surface area contributed by atoms with Crippen LogP contribution < -0.4 is 0 Å². The van der Waals surface area contributed by atoms with Crippen molar-refractivity contribution in [3.8, 4) is 5.75 Å². The molecule has 4 heteroatoms. The molecule has 1 heterocycles. The van der Waals surface area contributed by atoms with Crippen LogP contribution in [0.25, 0.3) is 0 Å². The van der Waals surface area contributed by atoms with E-state index in [1.165, 1.54) is 0 Å². The number of hydrogen-bond donors (Lipinski definition) is 1. The van der Waals surface area contributed by atoms with E-state index in [4.69, 9.17) is 4.74 Å². The number of benzene rings is 1. The first kappa shape index (κ1) is 13.9. The molecule has 0 aromatic heterocycles. The standard InChI is InChI=1S/C15H21NO3/c1-11-5-6-13(8-14(11)17)15(18)16-7-3-4-12(9-16)10-19-2/h5-6,8,12,17H,3-4,7,9-10H2,1-2H3. The SMILES string of the molecule is COCC1CCCN(C(=O)c2ccc(C)c(O)c2)C1. The van der Waals surface area contributed by atoms with Crippen LogP contribution in [0.5, 0.6) is 5.75 Å². The van der Waals surface area contributed by atoms with Gasteiger partial charge in [0.05, 0.1) is 6.61 Å². The third-order valence-corrected chi connectivity index (χ3v) is 3.66. The zero-order chi connectivity index (χ0) is 13.8. The minimum absolute atomic E-state index is 0.00361. The van der Waals surface area contributed by atoms with Crippen molar-refractivity contribution >= 4 is 5.91 Å². The Morgan fingerprint density at radius 3 is 3.00 bits per heavy atom. The predicted molar refractivity (Wildman–Crippen MR) is 73.3 cm³/mol. The number of piperidine rings is 1. The van der Waals surface area contributed by atoms with Crippen LogP contribution >= 0.6 is 0 Å². The van der Waals surface area contributed by atoms with Crippen molar-refractivity contribution in [1.29, 1.82) is 0 Å². The van der Waals surface area contributed by atoms with Gasteiger partial charge in [-0.15, -0.1) is 0 Å². The van der Waals surface area contributed by atoms with Crippen molar-refractivity contribution in [2.24, 2.45) is 5.92 Å². The van der Waals surface area contributed by atoms with E-state index in [-0.39, 0.29) is 11.7 Å². The normalized spacial score (nSPS) is 19.5. The highest BCUT2D eigenvalue weighted by Crippen LogP contribution is 2.22. The highest BCUT2D eigenvalue weighted by molar-refractivity contribution is 5.94. The summed E-state index contributed by atoms with van der Waals surface area (Å²) in [4.78, 5) is 14.2. The maximum absolute atomic E-state index is 12.4. The van der Waals surface area contributed by atoms with Crippen LogP contribution in [0.2, 0.25) is 0 Å². The second-order valence-corrected chi connectivity index (χ2v) is 5.22. The molecule has 0 spiro atoms. The topological polar surface area (TPSA) is 49.8 Å². The highest BCUT2D eigenvalue weighted by atomic mass is 16.5. The van der Waals surface area contributed by atoms with Gasteiger partial charge in [0.1, 0.15) is 5.75 Å². The van der Waals surface area contributed by atoms with Crippen LogP contribution in [0, 0.1) is 12.8 Å². The largest absolute Gasteiger partial charge is 0.508 e. The van der Waals surface area contributed by atoms with Gasteiger partial charge in [-0.25, -0.2) is 0 Å². The fraction of sp³-hybridized carbons (Fsp3) is 0.533. The van der Waals surface area contributed by atoms with Gasteiger partial charge >= 0.3 is 0 Å². The summed E-state index contributed by atoms with van der Waals surface area (Å²) in [6.45, 7) is 4.04. The molecule has 0 saturated carbocycles. The van der Waals surface area contributed by atoms with Crippen molar-refractivity contribution in [3.05, 3.63) is 29.3 Å². The molecule has 0 aliphatic carbocycles. The average molecular weight is 263 g/mol. The summed E-state index contributed by atoms with van der Waals surface area (Å²) in [6, 6.07) is 5.11. The number of methoxy groups -OCH3 is 1. The fourth-order valence-corrected chi connectivity index (χ4v) is 2.55. The van der Waals surface area contributed by atoms with E-state index < -0.39 is 0 Å². The molecule has 1 aliphatic heterocycles. The Bertz CT molecular complexity index is 457. The van der Waals surface area contributed by atoms with Gasteiger partial charge in [0.15, 0.2) is 0 Å². The van der Waals surface area contributed by atoms with Gasteiger partial charge in [0, 0.05) is 25.8 Å². The first-order chi connectivity index (χ1) is 9.11. The number of phenols is 1. The minimum Gasteiger partial charge on any atom is -0.508 e. The zero-order valence-electron chi connectivity index (χ0n) is 11.6. The molecule has 1 atom stereocenters. The molecule has 0 bridgehead atoms. The molecule has 1 aromatic rings. The second-order valence-electron chi connectivity index (χ2n) is 5.22. The molecule has 0 radical (unpaired) electrons. The number of carbonyl (C=O) groups excluding carboxylic acids is 1. The van der Waals surface area contributed by atoms with Gasteiger partial charge in [0.25, 0.3) is 5.91 Å². The van der Waals surface area contributed by atoms with Crippen LogP contribution in [0.15, 0.2) is 18.2 Å². The Morgan fingerprint density at radius 2 is 2.32 bits per heavy atom.